The third-order valence-electron chi connectivity index (χ3n) is 2.42. The standard InChI is InChI=1S/C11H12ClN3S/c1-11(7-12,9-5-3-2-4-6-9)14-10-15-13-8-16-10/h2-6,8H,7H2,1H3,(H,14,15). The second kappa shape index (κ2) is 4.80. The van der Waals surface area contributed by atoms with Gasteiger partial charge >= 0.3 is 0 Å². The average Bonchev–Trinajstić information content (AvgIpc) is 2.83. The van der Waals surface area contributed by atoms with Crippen LogP contribution in [0.4, 0.5) is 5.13 Å². The summed E-state index contributed by atoms with van der Waals surface area (Å²) in [7, 11) is 0. The average molecular weight is 254 g/mol. The van der Waals surface area contributed by atoms with E-state index in [-0.39, 0.29) is 5.54 Å². The summed E-state index contributed by atoms with van der Waals surface area (Å²) in [6.45, 7) is 2.05. The Morgan fingerprint density at radius 3 is 2.69 bits per heavy atom. The van der Waals surface area contributed by atoms with Crippen LogP contribution >= 0.6 is 22.9 Å². The maximum absolute atomic E-state index is 6.05. The normalized spacial score (nSPS) is 14.4. The second-order valence-electron chi connectivity index (χ2n) is 3.70. The van der Waals surface area contributed by atoms with Gasteiger partial charge in [-0.3, -0.25) is 0 Å². The van der Waals surface area contributed by atoms with Crippen LogP contribution in [0, 0.1) is 0 Å². The third kappa shape index (κ3) is 2.33. The lowest BCUT2D eigenvalue weighted by molar-refractivity contribution is 0.615. The van der Waals surface area contributed by atoms with Crippen molar-refractivity contribution in [3.63, 3.8) is 0 Å². The number of anilines is 1. The lowest BCUT2D eigenvalue weighted by Gasteiger charge is -2.28. The van der Waals surface area contributed by atoms with E-state index in [1.807, 2.05) is 18.2 Å². The fraction of sp³-hybridized carbons (Fsp3) is 0.273. The molecule has 0 bridgehead atoms. The molecule has 1 atom stereocenters. The Bertz CT molecular complexity index is 432. The maximum atomic E-state index is 6.05. The molecule has 1 heterocycles. The Morgan fingerprint density at radius 2 is 2.12 bits per heavy atom. The van der Waals surface area contributed by atoms with Crippen LogP contribution in [0.1, 0.15) is 12.5 Å². The van der Waals surface area contributed by atoms with Gasteiger partial charge in [-0.1, -0.05) is 41.7 Å². The maximum Gasteiger partial charge on any atom is 0.206 e. The molecule has 5 heteroatoms. The zero-order valence-corrected chi connectivity index (χ0v) is 10.4. The molecule has 1 aromatic heterocycles. The van der Waals surface area contributed by atoms with Crippen molar-refractivity contribution >= 4 is 28.1 Å². The minimum Gasteiger partial charge on any atom is -0.350 e. The van der Waals surface area contributed by atoms with Gasteiger partial charge in [0.05, 0.1) is 5.54 Å². The summed E-state index contributed by atoms with van der Waals surface area (Å²) in [5.41, 5.74) is 2.52. The molecule has 0 fully saturated rings. The van der Waals surface area contributed by atoms with Gasteiger partial charge < -0.3 is 5.32 Å². The smallest absolute Gasteiger partial charge is 0.206 e. The molecule has 1 unspecified atom stereocenters. The van der Waals surface area contributed by atoms with E-state index >= 15 is 0 Å². The van der Waals surface area contributed by atoms with E-state index in [0.29, 0.717) is 5.88 Å². The number of hydrogen-bond donors (Lipinski definition) is 1. The van der Waals surface area contributed by atoms with E-state index in [9.17, 15) is 0 Å². The number of aromatic nitrogens is 2. The van der Waals surface area contributed by atoms with Crippen molar-refractivity contribution in [2.45, 2.75) is 12.5 Å². The Balaban J connectivity index is 2.26. The summed E-state index contributed by atoms with van der Waals surface area (Å²) in [6.07, 6.45) is 0. The minimum absolute atomic E-state index is 0.317. The Morgan fingerprint density at radius 1 is 1.38 bits per heavy atom. The van der Waals surface area contributed by atoms with Gasteiger partial charge in [-0.25, -0.2) is 0 Å². The summed E-state index contributed by atoms with van der Waals surface area (Å²) in [4.78, 5) is 0. The van der Waals surface area contributed by atoms with Crippen molar-refractivity contribution in [1.82, 2.24) is 10.2 Å². The van der Waals surface area contributed by atoms with Gasteiger partial charge in [0, 0.05) is 5.88 Å². The molecule has 2 aromatic rings. The van der Waals surface area contributed by atoms with Gasteiger partial charge in [-0.05, 0) is 12.5 Å². The molecule has 16 heavy (non-hydrogen) atoms. The molecule has 3 nitrogen and oxygen atoms in total. The molecule has 0 spiro atoms. The molecule has 0 aliphatic heterocycles. The van der Waals surface area contributed by atoms with Crippen molar-refractivity contribution < 1.29 is 0 Å². The molecular formula is C11H12ClN3S. The molecule has 0 radical (unpaired) electrons. The van der Waals surface area contributed by atoms with Crippen molar-refractivity contribution in [3.8, 4) is 0 Å². The van der Waals surface area contributed by atoms with Crippen LogP contribution in [-0.4, -0.2) is 16.1 Å². The highest BCUT2D eigenvalue weighted by Crippen LogP contribution is 2.27. The van der Waals surface area contributed by atoms with Crippen LogP contribution in [0.2, 0.25) is 0 Å². The summed E-state index contributed by atoms with van der Waals surface area (Å²) >= 11 is 7.52. The Labute approximate surface area is 103 Å². The fourth-order valence-corrected chi connectivity index (χ4v) is 2.25. The summed E-state index contributed by atoms with van der Waals surface area (Å²) < 4.78 is 0. The van der Waals surface area contributed by atoms with Crippen LogP contribution in [0.25, 0.3) is 0 Å². The largest absolute Gasteiger partial charge is 0.350 e. The van der Waals surface area contributed by atoms with Crippen LogP contribution in [0.5, 0.6) is 0 Å². The molecule has 0 aliphatic carbocycles. The first-order valence-electron chi connectivity index (χ1n) is 4.90. The van der Waals surface area contributed by atoms with Crippen molar-refractivity contribution in [2.75, 3.05) is 11.2 Å². The van der Waals surface area contributed by atoms with E-state index in [2.05, 4.69) is 34.6 Å². The van der Waals surface area contributed by atoms with E-state index in [0.717, 1.165) is 10.7 Å². The molecular weight excluding hydrogens is 242 g/mol. The number of rotatable bonds is 4. The SMILES string of the molecule is CC(CCl)(Nc1nncs1)c1ccccc1. The second-order valence-corrected chi connectivity index (χ2v) is 4.80. The van der Waals surface area contributed by atoms with Gasteiger partial charge in [-0.15, -0.1) is 21.8 Å². The molecule has 1 N–H and O–H groups in total. The first kappa shape index (κ1) is 11.4. The number of nitrogens with zero attached hydrogens (tertiary/aromatic N) is 2. The van der Waals surface area contributed by atoms with Crippen LogP contribution < -0.4 is 5.32 Å². The van der Waals surface area contributed by atoms with Crippen molar-refractivity contribution in [3.05, 3.63) is 41.4 Å². The minimum atomic E-state index is -0.317. The fourth-order valence-electron chi connectivity index (χ4n) is 1.45. The highest BCUT2D eigenvalue weighted by atomic mass is 35.5. The lowest BCUT2D eigenvalue weighted by Crippen LogP contribution is -2.33. The van der Waals surface area contributed by atoms with Gasteiger partial charge in [0.2, 0.25) is 5.13 Å². The lowest BCUT2D eigenvalue weighted by atomic mass is 9.94. The van der Waals surface area contributed by atoms with Gasteiger partial charge in [0.25, 0.3) is 0 Å². The third-order valence-corrected chi connectivity index (χ3v) is 3.56. The molecule has 0 aliphatic rings. The monoisotopic (exact) mass is 253 g/mol. The molecule has 0 saturated heterocycles. The van der Waals surface area contributed by atoms with E-state index in [1.165, 1.54) is 11.3 Å². The Kier molecular flexibility index (Phi) is 3.41. The van der Waals surface area contributed by atoms with Crippen LogP contribution in [0.3, 0.4) is 0 Å². The number of benzene rings is 1. The molecule has 0 amide bonds. The first-order valence-corrected chi connectivity index (χ1v) is 6.32. The first-order chi connectivity index (χ1) is 7.74. The van der Waals surface area contributed by atoms with E-state index in [1.54, 1.807) is 5.51 Å². The van der Waals surface area contributed by atoms with Crippen molar-refractivity contribution in [2.24, 2.45) is 0 Å². The van der Waals surface area contributed by atoms with Gasteiger partial charge in [0.15, 0.2) is 0 Å². The van der Waals surface area contributed by atoms with Crippen LogP contribution in [-0.2, 0) is 5.54 Å². The molecule has 0 saturated carbocycles. The summed E-state index contributed by atoms with van der Waals surface area (Å²) in [5.74, 6) is 0.469. The summed E-state index contributed by atoms with van der Waals surface area (Å²) in [5, 5.41) is 11.9. The molecule has 1 aromatic carbocycles. The number of nitrogens with one attached hydrogen (secondary N) is 1. The highest BCUT2D eigenvalue weighted by Gasteiger charge is 2.26. The zero-order chi connectivity index (χ0) is 11.4. The summed E-state index contributed by atoms with van der Waals surface area (Å²) in [6, 6.07) is 10.1. The number of hydrogen-bond acceptors (Lipinski definition) is 4. The van der Waals surface area contributed by atoms with E-state index in [4.69, 9.17) is 11.6 Å². The predicted octanol–water partition coefficient (Wildman–Crippen LogP) is 3.10. The van der Waals surface area contributed by atoms with Gasteiger partial charge in [-0.2, -0.15) is 0 Å². The van der Waals surface area contributed by atoms with Gasteiger partial charge in [0.1, 0.15) is 5.51 Å². The number of halogens is 1. The highest BCUT2D eigenvalue weighted by molar-refractivity contribution is 7.13. The van der Waals surface area contributed by atoms with Crippen molar-refractivity contribution in [1.29, 1.82) is 0 Å². The zero-order valence-electron chi connectivity index (χ0n) is 8.85. The van der Waals surface area contributed by atoms with E-state index < -0.39 is 0 Å². The predicted molar refractivity (Wildman–Crippen MR) is 68.0 cm³/mol. The molecule has 2 rings (SSSR count). The quantitative estimate of drug-likeness (QED) is 0.851. The molecule has 84 valence electrons. The van der Waals surface area contributed by atoms with Crippen LogP contribution in [0.15, 0.2) is 35.8 Å². The number of alkyl halides is 1. The topological polar surface area (TPSA) is 37.8 Å². The Hall–Kier alpha value is -1.13.